The molecule has 3 aromatic carbocycles. The van der Waals surface area contributed by atoms with Crippen molar-refractivity contribution in [2.45, 2.75) is 11.8 Å². The fraction of sp³-hybridized carbons (Fsp3) is 0.0952. The molecule has 0 radical (unpaired) electrons. The molecule has 1 amide bonds. The van der Waals surface area contributed by atoms with Gasteiger partial charge in [0.05, 0.1) is 15.5 Å². The van der Waals surface area contributed by atoms with Crippen LogP contribution in [0.5, 0.6) is 0 Å². The minimum Gasteiger partial charge on any atom is -0.322 e. The maximum absolute atomic E-state index is 12.9. The van der Waals surface area contributed by atoms with Crippen LogP contribution in [-0.2, 0) is 10.0 Å². The number of nitro groups is 1. The second-order valence-electron chi connectivity index (χ2n) is 6.60. The van der Waals surface area contributed by atoms with Gasteiger partial charge in [0.1, 0.15) is 0 Å². The average Bonchev–Trinajstić information content (AvgIpc) is 2.73. The summed E-state index contributed by atoms with van der Waals surface area (Å²) < 4.78 is 26.9. The number of hydrogen-bond acceptors (Lipinski definition) is 5. The molecule has 0 unspecified atom stereocenters. The van der Waals surface area contributed by atoms with Crippen LogP contribution in [0.25, 0.3) is 0 Å². The minimum absolute atomic E-state index is 0.141. The summed E-state index contributed by atoms with van der Waals surface area (Å²) in [5.41, 5.74) is 1.58. The summed E-state index contributed by atoms with van der Waals surface area (Å²) in [5, 5.41) is 13.5. The van der Waals surface area contributed by atoms with Crippen LogP contribution in [0, 0.1) is 17.0 Å². The Kier molecular flexibility index (Phi) is 5.84. The van der Waals surface area contributed by atoms with Crippen LogP contribution < -0.4 is 9.62 Å². The Morgan fingerprint density at radius 2 is 1.67 bits per heavy atom. The van der Waals surface area contributed by atoms with Gasteiger partial charge >= 0.3 is 0 Å². The van der Waals surface area contributed by atoms with Gasteiger partial charge in [-0.05, 0) is 43.3 Å². The van der Waals surface area contributed by atoms with E-state index in [1.54, 1.807) is 24.3 Å². The Hall–Kier alpha value is -3.72. The van der Waals surface area contributed by atoms with Crippen molar-refractivity contribution in [3.05, 3.63) is 94.0 Å². The number of nitrogens with zero attached hydrogens (tertiary/aromatic N) is 2. The predicted molar refractivity (Wildman–Crippen MR) is 114 cm³/mol. The summed E-state index contributed by atoms with van der Waals surface area (Å²) in [5.74, 6) is -0.515. The molecule has 9 heteroatoms. The standard InChI is InChI=1S/C21H19N3O5S/c1-15-9-11-20(12-10-15)30(28,29)23(2)18-7-3-5-16(13-18)21(25)22-17-6-4-8-19(14-17)24(26)27/h3-14H,1-2H3,(H,22,25). The van der Waals surface area contributed by atoms with Crippen molar-refractivity contribution in [1.29, 1.82) is 0 Å². The monoisotopic (exact) mass is 425 g/mol. The highest BCUT2D eigenvalue weighted by Crippen LogP contribution is 2.24. The van der Waals surface area contributed by atoms with Gasteiger partial charge < -0.3 is 5.32 Å². The Bertz CT molecular complexity index is 1210. The number of anilines is 2. The first-order chi connectivity index (χ1) is 14.2. The number of carbonyl (C=O) groups excluding carboxylic acids is 1. The lowest BCUT2D eigenvalue weighted by molar-refractivity contribution is -0.384. The molecule has 0 aromatic heterocycles. The van der Waals surface area contributed by atoms with Crippen LogP contribution in [-0.4, -0.2) is 26.3 Å². The molecule has 0 heterocycles. The smallest absolute Gasteiger partial charge is 0.271 e. The van der Waals surface area contributed by atoms with Crippen molar-refractivity contribution >= 4 is 33.0 Å². The van der Waals surface area contributed by atoms with Crippen molar-refractivity contribution in [3.63, 3.8) is 0 Å². The second kappa shape index (κ2) is 8.34. The van der Waals surface area contributed by atoms with Crippen molar-refractivity contribution in [2.75, 3.05) is 16.7 Å². The summed E-state index contributed by atoms with van der Waals surface area (Å²) >= 11 is 0. The molecule has 0 fully saturated rings. The number of non-ortho nitro benzene ring substituents is 1. The van der Waals surface area contributed by atoms with E-state index in [4.69, 9.17) is 0 Å². The SMILES string of the molecule is Cc1ccc(S(=O)(=O)N(C)c2cccc(C(=O)Nc3cccc([N+](=O)[O-])c3)c2)cc1. The van der Waals surface area contributed by atoms with Gasteiger partial charge in [-0.1, -0.05) is 29.8 Å². The molecule has 3 aromatic rings. The summed E-state index contributed by atoms with van der Waals surface area (Å²) in [7, 11) is -2.39. The highest BCUT2D eigenvalue weighted by Gasteiger charge is 2.22. The predicted octanol–water partition coefficient (Wildman–Crippen LogP) is 3.98. The molecular weight excluding hydrogens is 406 g/mol. The number of amides is 1. The maximum Gasteiger partial charge on any atom is 0.271 e. The Balaban J connectivity index is 1.85. The van der Waals surface area contributed by atoms with Gasteiger partial charge in [-0.25, -0.2) is 8.42 Å². The van der Waals surface area contributed by atoms with E-state index in [2.05, 4.69) is 5.32 Å². The van der Waals surface area contributed by atoms with Crippen molar-refractivity contribution in [1.82, 2.24) is 0 Å². The highest BCUT2D eigenvalue weighted by atomic mass is 32.2. The molecule has 0 saturated carbocycles. The van der Waals surface area contributed by atoms with E-state index in [1.807, 2.05) is 6.92 Å². The zero-order valence-corrected chi connectivity index (χ0v) is 17.1. The van der Waals surface area contributed by atoms with E-state index in [9.17, 15) is 23.3 Å². The molecule has 1 N–H and O–H groups in total. The Morgan fingerprint density at radius 1 is 1.00 bits per heavy atom. The normalized spacial score (nSPS) is 11.0. The third-order valence-electron chi connectivity index (χ3n) is 4.47. The van der Waals surface area contributed by atoms with Crippen LogP contribution in [0.1, 0.15) is 15.9 Å². The number of benzene rings is 3. The topological polar surface area (TPSA) is 110 Å². The zero-order valence-electron chi connectivity index (χ0n) is 16.3. The van der Waals surface area contributed by atoms with Crippen LogP contribution in [0.3, 0.4) is 0 Å². The Labute approximate surface area is 174 Å². The number of carbonyl (C=O) groups is 1. The fourth-order valence-electron chi connectivity index (χ4n) is 2.75. The van der Waals surface area contributed by atoms with E-state index in [1.165, 1.54) is 55.6 Å². The third kappa shape index (κ3) is 4.47. The van der Waals surface area contributed by atoms with Crippen LogP contribution in [0.4, 0.5) is 17.1 Å². The molecule has 0 atom stereocenters. The van der Waals surface area contributed by atoms with E-state index in [0.29, 0.717) is 5.69 Å². The lowest BCUT2D eigenvalue weighted by atomic mass is 10.2. The average molecular weight is 425 g/mol. The fourth-order valence-corrected chi connectivity index (χ4v) is 3.94. The summed E-state index contributed by atoms with van der Waals surface area (Å²) in [6.07, 6.45) is 0. The van der Waals surface area contributed by atoms with Gasteiger partial charge in [0.15, 0.2) is 0 Å². The van der Waals surface area contributed by atoms with Crippen LogP contribution >= 0.6 is 0 Å². The first-order valence-electron chi connectivity index (χ1n) is 8.90. The van der Waals surface area contributed by atoms with Crippen molar-refractivity contribution in [3.8, 4) is 0 Å². The van der Waals surface area contributed by atoms with E-state index >= 15 is 0 Å². The van der Waals surface area contributed by atoms with Gasteiger partial charge in [0, 0.05) is 30.4 Å². The first-order valence-corrected chi connectivity index (χ1v) is 10.3. The molecule has 3 rings (SSSR count). The molecule has 0 spiro atoms. The summed E-state index contributed by atoms with van der Waals surface area (Å²) in [6, 6.07) is 18.2. The van der Waals surface area contributed by atoms with E-state index < -0.39 is 20.9 Å². The maximum atomic E-state index is 12.9. The number of aryl methyl sites for hydroxylation is 1. The molecule has 8 nitrogen and oxygen atoms in total. The van der Waals surface area contributed by atoms with Gasteiger partial charge in [-0.15, -0.1) is 0 Å². The van der Waals surface area contributed by atoms with Crippen molar-refractivity contribution in [2.24, 2.45) is 0 Å². The van der Waals surface area contributed by atoms with Gasteiger partial charge in [0.25, 0.3) is 21.6 Å². The molecule has 30 heavy (non-hydrogen) atoms. The van der Waals surface area contributed by atoms with Crippen molar-refractivity contribution < 1.29 is 18.1 Å². The molecule has 0 aliphatic rings. The van der Waals surface area contributed by atoms with Crippen LogP contribution in [0.15, 0.2) is 77.7 Å². The highest BCUT2D eigenvalue weighted by molar-refractivity contribution is 7.92. The van der Waals surface area contributed by atoms with Gasteiger partial charge in [-0.2, -0.15) is 0 Å². The molecule has 0 aliphatic heterocycles. The van der Waals surface area contributed by atoms with E-state index in [0.717, 1.165) is 9.87 Å². The number of nitro benzene ring substituents is 1. The molecule has 0 bridgehead atoms. The summed E-state index contributed by atoms with van der Waals surface area (Å²) in [4.78, 5) is 23.1. The molecule has 0 aliphatic carbocycles. The van der Waals surface area contributed by atoms with Gasteiger partial charge in [0.2, 0.25) is 0 Å². The lowest BCUT2D eigenvalue weighted by Crippen LogP contribution is -2.26. The Morgan fingerprint density at radius 3 is 2.33 bits per heavy atom. The quantitative estimate of drug-likeness (QED) is 0.474. The second-order valence-corrected chi connectivity index (χ2v) is 8.57. The first kappa shape index (κ1) is 21.0. The lowest BCUT2D eigenvalue weighted by Gasteiger charge is -2.20. The number of sulfonamides is 1. The number of rotatable bonds is 6. The number of hydrogen-bond donors (Lipinski definition) is 1. The van der Waals surface area contributed by atoms with Crippen LogP contribution in [0.2, 0.25) is 0 Å². The molecule has 0 saturated heterocycles. The largest absolute Gasteiger partial charge is 0.322 e. The minimum atomic E-state index is -3.80. The van der Waals surface area contributed by atoms with E-state index in [-0.39, 0.29) is 21.8 Å². The zero-order chi connectivity index (χ0) is 21.9. The number of nitrogens with one attached hydrogen (secondary N) is 1. The van der Waals surface area contributed by atoms with Gasteiger partial charge in [-0.3, -0.25) is 19.2 Å². The molecule has 154 valence electrons. The molecular formula is C21H19N3O5S. The third-order valence-corrected chi connectivity index (χ3v) is 6.27. The summed E-state index contributed by atoms with van der Waals surface area (Å²) in [6.45, 7) is 1.86.